The molecule has 1 aromatic heterocycles. The van der Waals surface area contributed by atoms with Crippen LogP contribution in [0.3, 0.4) is 0 Å². The van der Waals surface area contributed by atoms with Gasteiger partial charge in [-0.05, 0) is 12.8 Å². The summed E-state index contributed by atoms with van der Waals surface area (Å²) in [7, 11) is 1.82. The molecule has 13 heavy (non-hydrogen) atoms. The van der Waals surface area contributed by atoms with Gasteiger partial charge in [0.25, 0.3) is 0 Å². The summed E-state index contributed by atoms with van der Waals surface area (Å²) in [4.78, 5) is 20.3. The van der Waals surface area contributed by atoms with E-state index in [2.05, 4.69) is 9.97 Å². The molecule has 1 fully saturated rings. The van der Waals surface area contributed by atoms with Crippen LogP contribution in [0.5, 0.6) is 0 Å². The zero-order valence-corrected chi connectivity index (χ0v) is 7.66. The van der Waals surface area contributed by atoms with E-state index in [1.54, 1.807) is 17.3 Å². The van der Waals surface area contributed by atoms with E-state index in [4.69, 9.17) is 0 Å². The smallest absolute Gasteiger partial charge is 0.225 e. The molecule has 1 N–H and O–H groups in total. The van der Waals surface area contributed by atoms with Gasteiger partial charge in [0.15, 0.2) is 0 Å². The monoisotopic (exact) mass is 179 g/mol. The van der Waals surface area contributed by atoms with Crippen molar-refractivity contribution < 1.29 is 4.79 Å². The van der Waals surface area contributed by atoms with Crippen LogP contribution in [-0.4, -0.2) is 27.8 Å². The Labute approximate surface area is 77.0 Å². The van der Waals surface area contributed by atoms with Crippen molar-refractivity contribution in [2.75, 3.05) is 7.05 Å². The maximum atomic E-state index is 11.5. The van der Waals surface area contributed by atoms with E-state index >= 15 is 0 Å². The number of hydrogen-bond donors (Lipinski definition) is 1. The lowest BCUT2D eigenvalue weighted by molar-refractivity contribution is -0.131. The molecule has 1 aromatic rings. The van der Waals surface area contributed by atoms with Crippen LogP contribution in [0.15, 0.2) is 12.4 Å². The number of imidazole rings is 1. The van der Waals surface area contributed by atoms with E-state index in [0.717, 1.165) is 18.7 Å². The van der Waals surface area contributed by atoms with Gasteiger partial charge in [-0.25, -0.2) is 4.98 Å². The van der Waals surface area contributed by atoms with Crippen LogP contribution in [-0.2, 0) is 11.3 Å². The normalized spacial score (nSPS) is 15.8. The quantitative estimate of drug-likeness (QED) is 0.745. The Morgan fingerprint density at radius 3 is 3.08 bits per heavy atom. The summed E-state index contributed by atoms with van der Waals surface area (Å²) in [5.41, 5.74) is 0. The summed E-state index contributed by atoms with van der Waals surface area (Å²) in [6, 6.07) is 0. The SMILES string of the molecule is CN(Cc1ncc[nH]1)C(=O)C1CC1. The predicted octanol–water partition coefficient (Wildman–Crippen LogP) is 0.778. The molecule has 1 aliphatic carbocycles. The molecule has 1 aliphatic rings. The number of hydrogen-bond acceptors (Lipinski definition) is 2. The van der Waals surface area contributed by atoms with Gasteiger partial charge in [0, 0.05) is 25.4 Å². The van der Waals surface area contributed by atoms with Crippen molar-refractivity contribution in [1.82, 2.24) is 14.9 Å². The lowest BCUT2D eigenvalue weighted by Crippen LogP contribution is -2.27. The molecule has 70 valence electrons. The molecule has 0 radical (unpaired) electrons. The maximum absolute atomic E-state index is 11.5. The van der Waals surface area contributed by atoms with Crippen LogP contribution in [0.25, 0.3) is 0 Å². The fraction of sp³-hybridized carbons (Fsp3) is 0.556. The van der Waals surface area contributed by atoms with Crippen LogP contribution in [0.1, 0.15) is 18.7 Å². The topological polar surface area (TPSA) is 49.0 Å². The molecule has 0 bridgehead atoms. The minimum absolute atomic E-state index is 0.247. The number of rotatable bonds is 3. The van der Waals surface area contributed by atoms with Crippen molar-refractivity contribution in [3.63, 3.8) is 0 Å². The second-order valence-electron chi connectivity index (χ2n) is 3.50. The van der Waals surface area contributed by atoms with Crippen LogP contribution in [0, 0.1) is 5.92 Å². The van der Waals surface area contributed by atoms with E-state index in [9.17, 15) is 4.79 Å². The highest BCUT2D eigenvalue weighted by Crippen LogP contribution is 2.30. The highest BCUT2D eigenvalue weighted by Gasteiger charge is 2.32. The first-order chi connectivity index (χ1) is 6.27. The second kappa shape index (κ2) is 3.20. The summed E-state index contributed by atoms with van der Waals surface area (Å²) in [5, 5.41) is 0. The first kappa shape index (κ1) is 8.29. The third kappa shape index (κ3) is 1.88. The van der Waals surface area contributed by atoms with Crippen molar-refractivity contribution in [3.8, 4) is 0 Å². The Morgan fingerprint density at radius 1 is 1.77 bits per heavy atom. The number of amides is 1. The standard InChI is InChI=1S/C9H13N3O/c1-12(9(13)7-2-3-7)6-8-10-4-5-11-8/h4-5,7H,2-3,6H2,1H3,(H,10,11). The summed E-state index contributed by atoms with van der Waals surface area (Å²) in [5.74, 6) is 1.38. The van der Waals surface area contributed by atoms with Crippen molar-refractivity contribution in [1.29, 1.82) is 0 Å². The van der Waals surface area contributed by atoms with Gasteiger partial charge in [-0.3, -0.25) is 4.79 Å². The summed E-state index contributed by atoms with van der Waals surface area (Å²) in [6.45, 7) is 0.586. The van der Waals surface area contributed by atoms with Gasteiger partial charge in [0.2, 0.25) is 5.91 Å². The molecule has 4 nitrogen and oxygen atoms in total. The molecule has 0 aromatic carbocycles. The summed E-state index contributed by atoms with van der Waals surface area (Å²) < 4.78 is 0. The van der Waals surface area contributed by atoms with Gasteiger partial charge >= 0.3 is 0 Å². The van der Waals surface area contributed by atoms with Gasteiger partial charge in [-0.1, -0.05) is 0 Å². The van der Waals surface area contributed by atoms with Crippen LogP contribution in [0.4, 0.5) is 0 Å². The minimum Gasteiger partial charge on any atom is -0.347 e. The fourth-order valence-electron chi connectivity index (χ4n) is 1.33. The van der Waals surface area contributed by atoms with Crippen LogP contribution < -0.4 is 0 Å². The van der Waals surface area contributed by atoms with E-state index < -0.39 is 0 Å². The van der Waals surface area contributed by atoms with E-state index in [-0.39, 0.29) is 5.91 Å². The molecule has 4 heteroatoms. The zero-order chi connectivity index (χ0) is 9.26. The second-order valence-corrected chi connectivity index (χ2v) is 3.50. The first-order valence-corrected chi connectivity index (χ1v) is 4.50. The zero-order valence-electron chi connectivity index (χ0n) is 7.66. The minimum atomic E-state index is 0.247. The van der Waals surface area contributed by atoms with Crippen molar-refractivity contribution in [3.05, 3.63) is 18.2 Å². The molecule has 0 unspecified atom stereocenters. The number of aromatic nitrogens is 2. The average Bonchev–Trinajstić information content (AvgIpc) is 2.85. The fourth-order valence-corrected chi connectivity index (χ4v) is 1.33. The first-order valence-electron chi connectivity index (χ1n) is 4.50. The molecular formula is C9H13N3O. The molecule has 1 amide bonds. The van der Waals surface area contributed by atoms with Crippen LogP contribution in [0.2, 0.25) is 0 Å². The Kier molecular flexibility index (Phi) is 2.04. The number of carbonyl (C=O) groups is 1. The molecule has 0 saturated heterocycles. The maximum Gasteiger partial charge on any atom is 0.225 e. The van der Waals surface area contributed by atoms with E-state index in [1.165, 1.54) is 0 Å². The molecule has 0 spiro atoms. The molecule has 0 atom stereocenters. The largest absolute Gasteiger partial charge is 0.347 e. The van der Waals surface area contributed by atoms with E-state index in [0.29, 0.717) is 12.5 Å². The number of aromatic amines is 1. The molecular weight excluding hydrogens is 166 g/mol. The van der Waals surface area contributed by atoms with Gasteiger partial charge in [0.1, 0.15) is 5.82 Å². The predicted molar refractivity (Wildman–Crippen MR) is 47.8 cm³/mol. The third-order valence-corrected chi connectivity index (χ3v) is 2.24. The third-order valence-electron chi connectivity index (χ3n) is 2.24. The lowest BCUT2D eigenvalue weighted by Gasteiger charge is -2.14. The summed E-state index contributed by atoms with van der Waals surface area (Å²) >= 11 is 0. The number of carbonyl (C=O) groups excluding carboxylic acids is 1. The molecule has 1 saturated carbocycles. The highest BCUT2D eigenvalue weighted by molar-refractivity contribution is 5.80. The van der Waals surface area contributed by atoms with Crippen molar-refractivity contribution >= 4 is 5.91 Å². The van der Waals surface area contributed by atoms with Crippen molar-refractivity contribution in [2.45, 2.75) is 19.4 Å². The van der Waals surface area contributed by atoms with Crippen LogP contribution >= 0.6 is 0 Å². The Balaban J connectivity index is 1.90. The van der Waals surface area contributed by atoms with Crippen molar-refractivity contribution in [2.24, 2.45) is 5.92 Å². The Hall–Kier alpha value is -1.32. The summed E-state index contributed by atoms with van der Waals surface area (Å²) in [6.07, 6.45) is 5.58. The highest BCUT2D eigenvalue weighted by atomic mass is 16.2. The number of nitrogens with one attached hydrogen (secondary N) is 1. The molecule has 1 heterocycles. The number of H-pyrrole nitrogens is 1. The molecule has 0 aliphatic heterocycles. The lowest BCUT2D eigenvalue weighted by atomic mass is 10.3. The van der Waals surface area contributed by atoms with E-state index in [1.807, 2.05) is 7.05 Å². The molecule has 2 rings (SSSR count). The number of nitrogens with zero attached hydrogens (tertiary/aromatic N) is 2. The van der Waals surface area contributed by atoms with Gasteiger partial charge in [-0.2, -0.15) is 0 Å². The van der Waals surface area contributed by atoms with Gasteiger partial charge in [-0.15, -0.1) is 0 Å². The average molecular weight is 179 g/mol. The Bertz CT molecular complexity index is 290. The van der Waals surface area contributed by atoms with Gasteiger partial charge < -0.3 is 9.88 Å². The Morgan fingerprint density at radius 2 is 2.54 bits per heavy atom. The van der Waals surface area contributed by atoms with Gasteiger partial charge in [0.05, 0.1) is 6.54 Å².